The summed E-state index contributed by atoms with van der Waals surface area (Å²) in [6, 6.07) is 19.2. The zero-order valence-corrected chi connectivity index (χ0v) is 64.8. The van der Waals surface area contributed by atoms with Crippen molar-refractivity contribution in [2.75, 3.05) is 116 Å². The first-order valence-electron chi connectivity index (χ1n) is 37.7. The fraction of sp³-hybridized carbons (Fsp3) is 0.469. The van der Waals surface area contributed by atoms with E-state index in [1.165, 1.54) is 28.7 Å². The lowest BCUT2D eigenvalue weighted by Crippen LogP contribution is -2.59. The molecule has 2 amide bonds. The van der Waals surface area contributed by atoms with E-state index >= 15 is 0 Å². The number of fused-ring (bicyclic) bond motifs is 6. The Balaban J connectivity index is 0.000000138. The summed E-state index contributed by atoms with van der Waals surface area (Å²) in [6.07, 6.45) is 18.1. The highest BCUT2D eigenvalue weighted by Crippen LogP contribution is 2.43. The van der Waals surface area contributed by atoms with Crippen molar-refractivity contribution in [3.05, 3.63) is 182 Å². The van der Waals surface area contributed by atoms with Gasteiger partial charge >= 0.3 is 7.12 Å². The number of halogens is 1. The SMILES string of the molecule is C=C1C(Nc2ccc(N3CCN(C4COC4)C[C@@H]3C)cn2)=CC(c2ccnc(N3CCn4c(cc5c4CC(C)(C)C5)C3=O)c2C=O)=CN1C.CC1(C)Cc2cc3n(c2C1)CCN(c1nccc(Cl)c1C=O)C3=O.C[C@H]1CN(C2COC2)CCN1c1ccc(Nc2cc(B3OC(C)(C)C(C)(C)O3)cn(C)c2=O)nc1. The first-order valence-corrected chi connectivity index (χ1v) is 38.1. The number of aromatic nitrogens is 7. The highest BCUT2D eigenvalue weighted by Gasteiger charge is 2.52. The number of nitrogens with one attached hydrogen (secondary N) is 2. The Hall–Kier alpha value is -9.28. The molecule has 2 aliphatic carbocycles. The molecule has 0 radical (unpaired) electrons. The predicted octanol–water partition coefficient (Wildman–Crippen LogP) is 9.45. The topological polar surface area (TPSA) is 235 Å². The molecule has 2 atom stereocenters. The van der Waals surface area contributed by atoms with Crippen LogP contribution >= 0.6 is 11.6 Å². The number of allylic oxidation sites excluding steroid dienone is 2. The average Bonchev–Trinajstić information content (AvgIpc) is 1.57. The van der Waals surface area contributed by atoms with E-state index in [1.807, 2.05) is 94.6 Å². The van der Waals surface area contributed by atoms with Crippen LogP contribution in [-0.2, 0) is 64.6 Å². The van der Waals surface area contributed by atoms with Crippen LogP contribution in [0.5, 0.6) is 0 Å². The molecule has 0 saturated carbocycles. The van der Waals surface area contributed by atoms with Crippen molar-refractivity contribution in [3.63, 3.8) is 0 Å². The van der Waals surface area contributed by atoms with Gasteiger partial charge in [0.2, 0.25) is 0 Å². The second kappa shape index (κ2) is 28.9. The van der Waals surface area contributed by atoms with Gasteiger partial charge in [0.25, 0.3) is 17.4 Å². The number of ether oxygens (including phenoxy) is 2. The second-order valence-electron chi connectivity index (χ2n) is 33.0. The van der Waals surface area contributed by atoms with Gasteiger partial charge < -0.3 is 57.8 Å². The molecule has 27 heteroatoms. The number of hydrogen-bond acceptors (Lipinski definition) is 20. The van der Waals surface area contributed by atoms with Crippen LogP contribution < -0.4 is 41.3 Å². The van der Waals surface area contributed by atoms with Crippen molar-refractivity contribution in [1.29, 1.82) is 0 Å². The van der Waals surface area contributed by atoms with Crippen LogP contribution in [0.4, 0.5) is 40.3 Å². The Kier molecular flexibility index (Phi) is 19.9. The Labute approximate surface area is 636 Å². The number of hydrogen-bond donors (Lipinski definition) is 2. The molecule has 0 bridgehead atoms. The Bertz CT molecular complexity index is 4810. The number of aryl methyl sites for hydroxylation is 1. The summed E-state index contributed by atoms with van der Waals surface area (Å²) < 4.78 is 29.0. The van der Waals surface area contributed by atoms with E-state index in [2.05, 4.69) is 115 Å². The maximum absolute atomic E-state index is 13.9. The summed E-state index contributed by atoms with van der Waals surface area (Å²) in [7, 11) is 3.11. The van der Waals surface area contributed by atoms with Crippen LogP contribution in [0.25, 0.3) is 5.57 Å². The molecule has 17 rings (SSSR count). The van der Waals surface area contributed by atoms with Gasteiger partial charge in [0.15, 0.2) is 12.6 Å². The summed E-state index contributed by atoms with van der Waals surface area (Å²) in [4.78, 5) is 97.0. The number of piperazine rings is 2. The molecule has 8 aliphatic heterocycles. The monoisotopic (exact) mass is 1480 g/mol. The number of carbonyl (C=O) groups excluding carboxylic acids is 4. The Morgan fingerprint density at radius 3 is 1.57 bits per heavy atom. The molecule has 566 valence electrons. The molecule has 7 aromatic heterocycles. The minimum Gasteiger partial charge on any atom is -0.399 e. The van der Waals surface area contributed by atoms with Crippen molar-refractivity contribution in [1.82, 2.24) is 48.3 Å². The van der Waals surface area contributed by atoms with Crippen molar-refractivity contribution in [2.24, 2.45) is 17.9 Å². The Morgan fingerprint density at radius 2 is 1.10 bits per heavy atom. The van der Waals surface area contributed by atoms with Gasteiger partial charge in [0, 0.05) is 139 Å². The standard InChI is InChI=1S/C38H44N8O3.C25H36BN5O4.C18H18ClN3O2/c1-24-19-43(29-22-49-23-29)10-11-44(24)28-6-7-35(40-18-28)41-32-14-27(20-42(5)25(32)2)30-8-9-39-36(31(30)21-47)46-13-12-45-33(37(46)48)15-26-16-38(3,4)17-34(26)45;1-17-13-30(20-15-33-16-20)9-10-31(17)19-7-8-22(27-12-19)28-21-11-18(14-29(6)23(21)32)26-34-24(2,3)25(4,5)35-26;1-18(2)8-11-7-14-17(24)22(6-5-21(14)15(11)9-18)16-12(10-23)13(19)3-4-20-16/h6-9,14-15,18,20-21,24,29H,2,10-13,16-17,19,22-23H2,1,3-5H3,(H,40,41);7-8,11-12,14,17,20H,9-10,13,15-16H2,1-6H3,(H,27,28);3-4,7,10H,5-6,8-9H2,1-2H3/t24-;17-;/m00./s1. The lowest BCUT2D eigenvalue weighted by atomic mass is 9.80. The molecule has 15 heterocycles. The van der Waals surface area contributed by atoms with Gasteiger partial charge in [-0.2, -0.15) is 0 Å². The van der Waals surface area contributed by atoms with E-state index in [1.54, 1.807) is 45.9 Å². The normalized spacial score (nSPS) is 22.2. The number of pyridine rings is 5. The molecule has 2 N–H and O–H groups in total. The molecule has 10 aliphatic rings. The van der Waals surface area contributed by atoms with Gasteiger partial charge in [-0.15, -0.1) is 0 Å². The zero-order valence-electron chi connectivity index (χ0n) is 64.0. The van der Waals surface area contributed by atoms with Gasteiger partial charge in [0.1, 0.15) is 40.3 Å². The molecule has 0 aromatic carbocycles. The molecule has 7 aromatic rings. The number of anilines is 7. The van der Waals surface area contributed by atoms with Crippen LogP contribution in [0.15, 0.2) is 121 Å². The van der Waals surface area contributed by atoms with Crippen LogP contribution in [0.2, 0.25) is 5.02 Å². The van der Waals surface area contributed by atoms with Crippen molar-refractivity contribution >= 4 is 94.5 Å². The molecular formula is C81H98BClN16O9. The van der Waals surface area contributed by atoms with Gasteiger partial charge in [-0.1, -0.05) is 45.9 Å². The maximum atomic E-state index is 13.9. The molecule has 5 fully saturated rings. The number of aldehydes is 2. The van der Waals surface area contributed by atoms with Gasteiger partial charge in [-0.25, -0.2) is 19.9 Å². The fourth-order valence-electron chi connectivity index (χ4n) is 16.8. The number of nitrogens with zero attached hydrogens (tertiary/aromatic N) is 14. The Morgan fingerprint density at radius 1 is 0.602 bits per heavy atom. The third kappa shape index (κ3) is 14.2. The van der Waals surface area contributed by atoms with E-state index in [0.717, 1.165) is 131 Å². The molecule has 0 unspecified atom stereocenters. The number of rotatable bonds is 14. The largest absolute Gasteiger partial charge is 0.496 e. The summed E-state index contributed by atoms with van der Waals surface area (Å²) in [5.74, 6) is 1.81. The van der Waals surface area contributed by atoms with E-state index < -0.39 is 18.3 Å². The van der Waals surface area contributed by atoms with Gasteiger partial charge in [-0.3, -0.25) is 43.6 Å². The molecular weight excluding hydrogens is 1390 g/mol. The minimum absolute atomic E-state index is 0.119. The number of carbonyl (C=O) groups is 4. The third-order valence-electron chi connectivity index (χ3n) is 23.6. The fourth-order valence-corrected chi connectivity index (χ4v) is 17.0. The lowest BCUT2D eigenvalue weighted by Gasteiger charge is -2.46. The van der Waals surface area contributed by atoms with Crippen molar-refractivity contribution in [3.8, 4) is 0 Å². The van der Waals surface area contributed by atoms with Crippen molar-refractivity contribution in [2.45, 2.75) is 143 Å². The summed E-state index contributed by atoms with van der Waals surface area (Å²) >= 11 is 6.07. The van der Waals surface area contributed by atoms with Crippen LogP contribution in [0.1, 0.15) is 139 Å². The van der Waals surface area contributed by atoms with Crippen LogP contribution in [-0.4, -0.2) is 201 Å². The zero-order chi connectivity index (χ0) is 76.0. The summed E-state index contributed by atoms with van der Waals surface area (Å²) in [5.41, 5.74) is 12.9. The molecule has 108 heavy (non-hydrogen) atoms. The van der Waals surface area contributed by atoms with Crippen LogP contribution in [0.3, 0.4) is 0 Å². The quantitative estimate of drug-likeness (QED) is 0.0762. The average molecular weight is 1490 g/mol. The first-order chi connectivity index (χ1) is 51.5. The molecule has 0 spiro atoms. The summed E-state index contributed by atoms with van der Waals surface area (Å²) in [6.45, 7) is 37.6. The minimum atomic E-state index is -0.547. The van der Waals surface area contributed by atoms with Crippen molar-refractivity contribution < 1.29 is 38.0 Å². The predicted molar refractivity (Wildman–Crippen MR) is 421 cm³/mol. The lowest BCUT2D eigenvalue weighted by molar-refractivity contribution is -0.0691. The van der Waals surface area contributed by atoms with Gasteiger partial charge in [-0.05, 0) is 155 Å². The number of amides is 2. The highest BCUT2D eigenvalue weighted by molar-refractivity contribution is 6.62. The van der Waals surface area contributed by atoms with E-state index in [4.69, 9.17) is 35.4 Å². The highest BCUT2D eigenvalue weighted by atomic mass is 35.5. The smallest absolute Gasteiger partial charge is 0.399 e. The molecule has 25 nitrogen and oxygen atoms in total. The number of likely N-dealkylation sites (N-methyl/N-ethyl adjacent to an activating group) is 1. The van der Waals surface area contributed by atoms with E-state index in [0.29, 0.717) is 113 Å². The van der Waals surface area contributed by atoms with E-state index in [9.17, 15) is 24.0 Å². The first kappa shape index (κ1) is 74.2. The summed E-state index contributed by atoms with van der Waals surface area (Å²) in [5, 5.41) is 6.97. The maximum Gasteiger partial charge on any atom is 0.496 e. The van der Waals surface area contributed by atoms with Crippen LogP contribution in [0, 0.1) is 10.8 Å². The third-order valence-corrected chi connectivity index (χ3v) is 23.9. The second-order valence-corrected chi connectivity index (χ2v) is 33.4. The molecule has 5 saturated heterocycles. The van der Waals surface area contributed by atoms with Gasteiger partial charge in [0.05, 0.1) is 101 Å². The van der Waals surface area contributed by atoms with E-state index in [-0.39, 0.29) is 33.8 Å².